The first-order chi connectivity index (χ1) is 13.6. The minimum atomic E-state index is -0.221. The van der Waals surface area contributed by atoms with Gasteiger partial charge in [0.05, 0.1) is 22.2 Å². The molecule has 1 fully saturated rings. The van der Waals surface area contributed by atoms with Crippen LogP contribution in [-0.4, -0.2) is 24.3 Å². The highest BCUT2D eigenvalue weighted by molar-refractivity contribution is 8.18. The van der Waals surface area contributed by atoms with Crippen LogP contribution in [0.1, 0.15) is 12.5 Å². The predicted octanol–water partition coefficient (Wildman–Crippen LogP) is 4.64. The minimum absolute atomic E-state index is 0.0811. The molecule has 1 aliphatic heterocycles. The molecule has 1 amide bonds. The number of nitrogens with zero attached hydrogens (tertiary/aromatic N) is 1. The van der Waals surface area contributed by atoms with E-state index in [1.165, 1.54) is 11.8 Å². The van der Waals surface area contributed by atoms with Crippen molar-refractivity contribution in [2.24, 2.45) is 4.99 Å². The van der Waals surface area contributed by atoms with Gasteiger partial charge in [0.25, 0.3) is 5.91 Å². The number of thioether (sulfide) groups is 1. The number of carbonyl (C=O) groups is 1. The second-order valence-corrected chi connectivity index (χ2v) is 7.01. The molecule has 0 atom stereocenters. The molecule has 0 aliphatic carbocycles. The Morgan fingerprint density at radius 3 is 2.79 bits per heavy atom. The van der Waals surface area contributed by atoms with Crippen LogP contribution in [-0.2, 0) is 4.79 Å². The average Bonchev–Trinajstić information content (AvgIpc) is 3.01. The van der Waals surface area contributed by atoms with E-state index in [0.717, 1.165) is 5.69 Å². The number of benzene rings is 2. The third kappa shape index (κ3) is 4.89. The lowest BCUT2D eigenvalue weighted by molar-refractivity contribution is -0.115. The number of nitrogens with one attached hydrogen (secondary N) is 1. The third-order valence-corrected chi connectivity index (χ3v) is 4.76. The molecule has 0 bridgehead atoms. The molecule has 1 saturated heterocycles. The number of amidine groups is 1. The van der Waals surface area contributed by atoms with E-state index in [2.05, 4.69) is 16.2 Å². The zero-order valence-electron chi connectivity index (χ0n) is 15.1. The van der Waals surface area contributed by atoms with Crippen molar-refractivity contribution in [1.82, 2.24) is 5.32 Å². The van der Waals surface area contributed by atoms with Gasteiger partial charge in [-0.3, -0.25) is 4.79 Å². The second-order valence-electron chi connectivity index (χ2n) is 5.57. The maximum absolute atomic E-state index is 12.3. The fourth-order valence-electron chi connectivity index (χ4n) is 2.44. The van der Waals surface area contributed by atoms with Crippen LogP contribution in [0.5, 0.6) is 11.5 Å². The standard InChI is InChI=1S/C21H17ClN2O3S/c1-3-10-27-19-16(22)11-14(12-17(19)26-4-2)13-18-20(25)24-21(28-18)23-15-8-6-5-7-9-15/h1,5-9,11-13H,4,10H2,2H3,(H,23,24,25)/b18-13-. The van der Waals surface area contributed by atoms with Crippen LogP contribution in [0.2, 0.25) is 5.02 Å². The quantitative estimate of drug-likeness (QED) is 0.554. The number of halogens is 1. The monoisotopic (exact) mass is 412 g/mol. The minimum Gasteiger partial charge on any atom is -0.490 e. The fraction of sp³-hybridized carbons (Fsp3) is 0.143. The van der Waals surface area contributed by atoms with Gasteiger partial charge in [0.1, 0.15) is 6.61 Å². The van der Waals surface area contributed by atoms with Gasteiger partial charge >= 0.3 is 0 Å². The van der Waals surface area contributed by atoms with Crippen LogP contribution in [0.15, 0.2) is 52.4 Å². The van der Waals surface area contributed by atoms with Crippen molar-refractivity contribution in [3.8, 4) is 23.8 Å². The third-order valence-electron chi connectivity index (χ3n) is 3.57. The summed E-state index contributed by atoms with van der Waals surface area (Å²) in [5, 5.41) is 3.64. The first kappa shape index (κ1) is 19.9. The van der Waals surface area contributed by atoms with Crippen LogP contribution in [0.25, 0.3) is 6.08 Å². The van der Waals surface area contributed by atoms with Gasteiger partial charge in [0.2, 0.25) is 0 Å². The van der Waals surface area contributed by atoms with Gasteiger partial charge in [-0.2, -0.15) is 0 Å². The molecule has 2 aromatic rings. The summed E-state index contributed by atoms with van der Waals surface area (Å²) in [6.45, 7) is 2.38. The number of amides is 1. The number of hydrogen-bond acceptors (Lipinski definition) is 5. The van der Waals surface area contributed by atoms with Crippen LogP contribution >= 0.6 is 23.4 Å². The van der Waals surface area contributed by atoms with E-state index in [1.807, 2.05) is 37.3 Å². The van der Waals surface area contributed by atoms with Gasteiger partial charge in [-0.05, 0) is 54.6 Å². The summed E-state index contributed by atoms with van der Waals surface area (Å²) < 4.78 is 11.1. The largest absolute Gasteiger partial charge is 0.490 e. The number of carbonyl (C=O) groups excluding carboxylic acids is 1. The van der Waals surface area contributed by atoms with Crippen molar-refractivity contribution >= 4 is 46.2 Å². The second kappa shape index (κ2) is 9.36. The molecular formula is C21H17ClN2O3S. The number of terminal acetylenes is 1. The van der Waals surface area contributed by atoms with E-state index in [1.54, 1.807) is 18.2 Å². The molecule has 0 unspecified atom stereocenters. The van der Waals surface area contributed by atoms with E-state index in [4.69, 9.17) is 27.5 Å². The molecule has 0 saturated carbocycles. The summed E-state index contributed by atoms with van der Waals surface area (Å²) in [5.74, 6) is 3.04. The molecule has 7 heteroatoms. The molecule has 5 nitrogen and oxygen atoms in total. The number of rotatable bonds is 6. The van der Waals surface area contributed by atoms with E-state index < -0.39 is 0 Å². The molecular weight excluding hydrogens is 396 g/mol. The van der Waals surface area contributed by atoms with E-state index >= 15 is 0 Å². The maximum Gasteiger partial charge on any atom is 0.264 e. The lowest BCUT2D eigenvalue weighted by atomic mass is 10.2. The van der Waals surface area contributed by atoms with Gasteiger partial charge in [-0.1, -0.05) is 35.7 Å². The number of para-hydroxylation sites is 1. The highest BCUT2D eigenvalue weighted by atomic mass is 35.5. The maximum atomic E-state index is 12.3. The molecule has 2 aromatic carbocycles. The average molecular weight is 413 g/mol. The Hall–Kier alpha value is -2.88. The van der Waals surface area contributed by atoms with Crippen LogP contribution in [0.4, 0.5) is 5.69 Å². The highest BCUT2D eigenvalue weighted by Crippen LogP contribution is 2.38. The summed E-state index contributed by atoms with van der Waals surface area (Å²) in [4.78, 5) is 17.2. The van der Waals surface area contributed by atoms with Crippen molar-refractivity contribution in [3.63, 3.8) is 0 Å². The zero-order chi connectivity index (χ0) is 19.9. The Bertz CT molecular complexity index is 981. The van der Waals surface area contributed by atoms with Gasteiger partial charge < -0.3 is 14.8 Å². The van der Waals surface area contributed by atoms with Crippen molar-refractivity contribution in [3.05, 3.63) is 58.0 Å². The summed E-state index contributed by atoms with van der Waals surface area (Å²) in [5.41, 5.74) is 1.48. The zero-order valence-corrected chi connectivity index (χ0v) is 16.6. The van der Waals surface area contributed by atoms with Gasteiger partial charge in [0, 0.05) is 0 Å². The molecule has 1 heterocycles. The van der Waals surface area contributed by atoms with E-state index in [9.17, 15) is 4.79 Å². The van der Waals surface area contributed by atoms with Crippen molar-refractivity contribution in [2.75, 3.05) is 13.2 Å². The Labute approximate surface area is 172 Å². The number of hydrogen-bond donors (Lipinski definition) is 1. The molecule has 1 aliphatic rings. The topological polar surface area (TPSA) is 59.9 Å². The SMILES string of the molecule is C#CCOc1c(Cl)cc(/C=C2\SC(=Nc3ccccc3)NC2=O)cc1OCC. The number of ether oxygens (including phenoxy) is 2. The van der Waals surface area contributed by atoms with Gasteiger partial charge in [-0.15, -0.1) is 6.42 Å². The van der Waals surface area contributed by atoms with E-state index in [-0.39, 0.29) is 12.5 Å². The molecule has 0 aromatic heterocycles. The first-order valence-electron chi connectivity index (χ1n) is 8.48. The van der Waals surface area contributed by atoms with Gasteiger partial charge in [0.15, 0.2) is 16.7 Å². The Kier molecular flexibility index (Phi) is 6.64. The molecule has 0 spiro atoms. The molecule has 3 rings (SSSR count). The van der Waals surface area contributed by atoms with Crippen LogP contribution in [0.3, 0.4) is 0 Å². The summed E-state index contributed by atoms with van der Waals surface area (Å²) in [7, 11) is 0. The molecule has 0 radical (unpaired) electrons. The van der Waals surface area contributed by atoms with Crippen LogP contribution in [0, 0.1) is 12.3 Å². The lowest BCUT2D eigenvalue weighted by Crippen LogP contribution is -2.19. The van der Waals surface area contributed by atoms with E-state index in [0.29, 0.717) is 38.8 Å². The summed E-state index contributed by atoms with van der Waals surface area (Å²) in [6, 6.07) is 12.9. The normalized spacial score (nSPS) is 16.1. The van der Waals surface area contributed by atoms with Crippen LogP contribution < -0.4 is 14.8 Å². The van der Waals surface area contributed by atoms with Gasteiger partial charge in [-0.25, -0.2) is 4.99 Å². The molecule has 1 N–H and O–H groups in total. The highest BCUT2D eigenvalue weighted by Gasteiger charge is 2.24. The Morgan fingerprint density at radius 2 is 2.07 bits per heavy atom. The lowest BCUT2D eigenvalue weighted by Gasteiger charge is -2.13. The molecule has 28 heavy (non-hydrogen) atoms. The van der Waals surface area contributed by atoms with Crippen molar-refractivity contribution < 1.29 is 14.3 Å². The van der Waals surface area contributed by atoms with Crippen molar-refractivity contribution in [2.45, 2.75) is 6.92 Å². The predicted molar refractivity (Wildman–Crippen MR) is 114 cm³/mol. The number of aliphatic imine (C=N–C) groups is 1. The summed E-state index contributed by atoms with van der Waals surface area (Å²) in [6.07, 6.45) is 6.97. The smallest absolute Gasteiger partial charge is 0.264 e. The molecule has 142 valence electrons. The first-order valence-corrected chi connectivity index (χ1v) is 9.67. The fourth-order valence-corrected chi connectivity index (χ4v) is 3.56. The Morgan fingerprint density at radius 1 is 1.29 bits per heavy atom. The van der Waals surface area contributed by atoms with Crippen molar-refractivity contribution in [1.29, 1.82) is 0 Å². The Balaban J connectivity index is 1.87. The summed E-state index contributed by atoms with van der Waals surface area (Å²) >= 11 is 7.59.